The van der Waals surface area contributed by atoms with Crippen molar-refractivity contribution in [3.05, 3.63) is 0 Å². The molecule has 0 spiro atoms. The third-order valence-corrected chi connectivity index (χ3v) is 2.30. The van der Waals surface area contributed by atoms with Crippen LogP contribution in [0.25, 0.3) is 0 Å². The summed E-state index contributed by atoms with van der Waals surface area (Å²) in [5.74, 6) is 0.0866. The normalized spacial score (nSPS) is 12.0. The third kappa shape index (κ3) is 8.04. The molecule has 0 aromatic heterocycles. The van der Waals surface area contributed by atoms with Gasteiger partial charge in [0, 0.05) is 32.2 Å². The zero-order chi connectivity index (χ0) is 13.3. The molecule has 17 heavy (non-hydrogen) atoms. The van der Waals surface area contributed by atoms with Crippen molar-refractivity contribution < 1.29 is 19.4 Å². The molecule has 0 aliphatic carbocycles. The summed E-state index contributed by atoms with van der Waals surface area (Å²) in [6.45, 7) is 3.77. The Morgan fingerprint density at radius 1 is 1.47 bits per heavy atom. The van der Waals surface area contributed by atoms with Crippen LogP contribution in [0.3, 0.4) is 0 Å². The van der Waals surface area contributed by atoms with Gasteiger partial charge in [-0.05, 0) is 6.42 Å². The molecule has 0 aromatic rings. The molecule has 1 atom stereocenters. The van der Waals surface area contributed by atoms with Gasteiger partial charge in [-0.3, -0.25) is 9.59 Å². The number of ether oxygens (including phenoxy) is 1. The van der Waals surface area contributed by atoms with Crippen LogP contribution < -0.4 is 0 Å². The van der Waals surface area contributed by atoms with Crippen molar-refractivity contribution >= 4 is 24.5 Å². The summed E-state index contributed by atoms with van der Waals surface area (Å²) in [6, 6.07) is 0. The van der Waals surface area contributed by atoms with E-state index in [-0.39, 0.29) is 19.1 Å². The number of esters is 1. The Balaban J connectivity index is 4.13. The Bertz CT molecular complexity index is 248. The lowest BCUT2D eigenvalue weighted by Crippen LogP contribution is -2.40. The summed E-state index contributed by atoms with van der Waals surface area (Å²) in [6.07, 6.45) is 0.371. The highest BCUT2D eigenvalue weighted by Crippen LogP contribution is 2.01. The van der Waals surface area contributed by atoms with Crippen LogP contribution in [0.5, 0.6) is 0 Å². The van der Waals surface area contributed by atoms with Gasteiger partial charge in [0.2, 0.25) is 5.91 Å². The summed E-state index contributed by atoms with van der Waals surface area (Å²) < 4.78 is 4.68. The van der Waals surface area contributed by atoms with Crippen LogP contribution in [0.1, 0.15) is 26.7 Å². The average molecular weight is 263 g/mol. The van der Waals surface area contributed by atoms with E-state index < -0.39 is 12.1 Å². The van der Waals surface area contributed by atoms with E-state index in [1.165, 1.54) is 6.92 Å². The first-order chi connectivity index (χ1) is 8.01. The Labute approximate surface area is 108 Å². The maximum absolute atomic E-state index is 11.7. The van der Waals surface area contributed by atoms with E-state index in [1.807, 2.05) is 6.92 Å². The summed E-state index contributed by atoms with van der Waals surface area (Å²) in [5, 5.41) is 9.62. The fourth-order valence-electron chi connectivity index (χ4n) is 1.33. The van der Waals surface area contributed by atoms with Crippen LogP contribution in [-0.2, 0) is 14.3 Å². The minimum absolute atomic E-state index is 0.0107. The zero-order valence-electron chi connectivity index (χ0n) is 10.4. The first-order valence-corrected chi connectivity index (χ1v) is 6.34. The number of amides is 1. The smallest absolute Gasteiger partial charge is 0.302 e. The minimum Gasteiger partial charge on any atom is -0.463 e. The molecule has 0 aromatic carbocycles. The number of hydrogen-bond acceptors (Lipinski definition) is 5. The minimum atomic E-state index is -0.848. The van der Waals surface area contributed by atoms with E-state index in [1.54, 1.807) is 4.90 Å². The number of carbonyl (C=O) groups excluding carboxylic acids is 2. The summed E-state index contributed by atoms with van der Waals surface area (Å²) in [5.41, 5.74) is 0. The molecule has 5 nitrogen and oxygen atoms in total. The number of nitrogens with zero attached hydrogens (tertiary/aromatic N) is 1. The SMILES string of the molecule is CCCC(=O)N(CCS)CC(O)COC(C)=O. The van der Waals surface area contributed by atoms with Gasteiger partial charge in [-0.15, -0.1) is 0 Å². The maximum atomic E-state index is 11.7. The lowest BCUT2D eigenvalue weighted by molar-refractivity contribution is -0.144. The second-order valence-corrected chi connectivity index (χ2v) is 4.22. The molecule has 0 rings (SSSR count). The van der Waals surface area contributed by atoms with Crippen molar-refractivity contribution in [2.45, 2.75) is 32.8 Å². The van der Waals surface area contributed by atoms with Crippen molar-refractivity contribution in [3.63, 3.8) is 0 Å². The number of aliphatic hydroxyl groups excluding tert-OH is 1. The molecule has 0 aliphatic heterocycles. The molecule has 0 radical (unpaired) electrons. The van der Waals surface area contributed by atoms with Gasteiger partial charge in [0.25, 0.3) is 0 Å². The van der Waals surface area contributed by atoms with Crippen molar-refractivity contribution in [2.24, 2.45) is 0 Å². The van der Waals surface area contributed by atoms with Gasteiger partial charge >= 0.3 is 5.97 Å². The van der Waals surface area contributed by atoms with Crippen molar-refractivity contribution in [1.82, 2.24) is 4.90 Å². The third-order valence-electron chi connectivity index (χ3n) is 2.10. The van der Waals surface area contributed by atoms with Crippen LogP contribution in [0.15, 0.2) is 0 Å². The molecular formula is C11H21NO4S. The molecule has 0 aliphatic rings. The van der Waals surface area contributed by atoms with Crippen molar-refractivity contribution in [1.29, 1.82) is 0 Å². The zero-order valence-corrected chi connectivity index (χ0v) is 11.3. The molecule has 0 bridgehead atoms. The molecule has 6 heteroatoms. The highest BCUT2D eigenvalue weighted by Gasteiger charge is 2.16. The first kappa shape index (κ1) is 16.2. The lowest BCUT2D eigenvalue weighted by Gasteiger charge is -2.24. The predicted molar refractivity (Wildman–Crippen MR) is 68.0 cm³/mol. The predicted octanol–water partition coefficient (Wildman–Crippen LogP) is 0.469. The molecule has 1 N–H and O–H groups in total. The molecule has 0 saturated heterocycles. The standard InChI is InChI=1S/C11H21NO4S/c1-3-4-11(15)12(5-6-17)7-10(14)8-16-9(2)13/h10,14,17H,3-8H2,1-2H3. The Morgan fingerprint density at radius 2 is 2.12 bits per heavy atom. The van der Waals surface area contributed by atoms with E-state index in [0.29, 0.717) is 18.7 Å². The average Bonchev–Trinajstić information content (AvgIpc) is 2.26. The van der Waals surface area contributed by atoms with Gasteiger partial charge in [0.15, 0.2) is 0 Å². The number of thiol groups is 1. The van der Waals surface area contributed by atoms with E-state index in [0.717, 1.165) is 6.42 Å². The quantitative estimate of drug-likeness (QED) is 0.493. The molecule has 0 saturated carbocycles. The van der Waals surface area contributed by atoms with Gasteiger partial charge in [0.05, 0.1) is 0 Å². The van der Waals surface area contributed by atoms with E-state index in [9.17, 15) is 14.7 Å². The van der Waals surface area contributed by atoms with Crippen LogP contribution in [0.2, 0.25) is 0 Å². The number of carbonyl (C=O) groups is 2. The Hall–Kier alpha value is -0.750. The summed E-state index contributed by atoms with van der Waals surface area (Å²) in [7, 11) is 0. The van der Waals surface area contributed by atoms with Gasteiger partial charge in [-0.25, -0.2) is 0 Å². The highest BCUT2D eigenvalue weighted by molar-refractivity contribution is 7.80. The largest absolute Gasteiger partial charge is 0.463 e. The van der Waals surface area contributed by atoms with Crippen LogP contribution in [0, 0.1) is 0 Å². The topological polar surface area (TPSA) is 66.8 Å². The lowest BCUT2D eigenvalue weighted by atomic mass is 10.2. The van der Waals surface area contributed by atoms with E-state index in [4.69, 9.17) is 0 Å². The van der Waals surface area contributed by atoms with Crippen LogP contribution >= 0.6 is 12.6 Å². The second kappa shape index (κ2) is 9.30. The Kier molecular flexibility index (Phi) is 8.89. The van der Waals surface area contributed by atoms with Gasteiger partial charge in [0.1, 0.15) is 12.7 Å². The van der Waals surface area contributed by atoms with Gasteiger partial charge in [-0.2, -0.15) is 12.6 Å². The number of hydrogen-bond donors (Lipinski definition) is 2. The summed E-state index contributed by atoms with van der Waals surface area (Å²) in [4.78, 5) is 23.8. The van der Waals surface area contributed by atoms with Gasteiger partial charge < -0.3 is 14.7 Å². The fraction of sp³-hybridized carbons (Fsp3) is 0.818. The maximum Gasteiger partial charge on any atom is 0.302 e. The van der Waals surface area contributed by atoms with E-state index >= 15 is 0 Å². The summed E-state index contributed by atoms with van der Waals surface area (Å²) >= 11 is 4.07. The molecular weight excluding hydrogens is 242 g/mol. The van der Waals surface area contributed by atoms with Crippen molar-refractivity contribution in [3.8, 4) is 0 Å². The van der Waals surface area contributed by atoms with Gasteiger partial charge in [-0.1, -0.05) is 6.92 Å². The second-order valence-electron chi connectivity index (χ2n) is 3.77. The van der Waals surface area contributed by atoms with Crippen molar-refractivity contribution in [2.75, 3.05) is 25.4 Å². The molecule has 1 amide bonds. The molecule has 100 valence electrons. The van der Waals surface area contributed by atoms with E-state index in [2.05, 4.69) is 17.4 Å². The number of aliphatic hydroxyl groups is 1. The van der Waals surface area contributed by atoms with Crippen LogP contribution in [0.4, 0.5) is 0 Å². The first-order valence-electron chi connectivity index (χ1n) is 5.71. The fourth-order valence-corrected chi connectivity index (χ4v) is 1.57. The van der Waals surface area contributed by atoms with Crippen LogP contribution in [-0.4, -0.2) is 53.4 Å². The number of rotatable bonds is 8. The Morgan fingerprint density at radius 3 is 2.59 bits per heavy atom. The molecule has 1 unspecified atom stereocenters. The monoisotopic (exact) mass is 263 g/mol. The molecule has 0 fully saturated rings. The molecule has 0 heterocycles. The highest BCUT2D eigenvalue weighted by atomic mass is 32.1.